The van der Waals surface area contributed by atoms with E-state index >= 15 is 0 Å². The van der Waals surface area contributed by atoms with Gasteiger partial charge in [-0.15, -0.1) is 0 Å². The number of aryl methyl sites for hydroxylation is 1. The molecular formula is C14H23NS. The van der Waals surface area contributed by atoms with E-state index in [9.17, 15) is 0 Å². The smallest absolute Gasteiger partial charge is 0.00105 e. The average molecular weight is 237 g/mol. The quantitative estimate of drug-likeness (QED) is 0.558. The Balaban J connectivity index is 2.14. The van der Waals surface area contributed by atoms with Crippen LogP contribution in [0.25, 0.3) is 0 Å². The Labute approximate surface area is 104 Å². The molecule has 16 heavy (non-hydrogen) atoms. The number of allylic oxidation sites excluding steroid dienone is 1. The van der Waals surface area contributed by atoms with Crippen molar-refractivity contribution in [2.24, 2.45) is 0 Å². The molecule has 1 heterocycles. The lowest BCUT2D eigenvalue weighted by molar-refractivity contribution is 0.594. The molecule has 2 heteroatoms. The van der Waals surface area contributed by atoms with Crippen LogP contribution in [-0.4, -0.2) is 12.6 Å². The molecule has 0 atom stereocenters. The molecule has 1 nitrogen and oxygen atoms in total. The van der Waals surface area contributed by atoms with E-state index in [1.54, 1.807) is 11.3 Å². The summed E-state index contributed by atoms with van der Waals surface area (Å²) in [6.07, 6.45) is 5.89. The third kappa shape index (κ3) is 6.09. The van der Waals surface area contributed by atoms with E-state index in [-0.39, 0.29) is 0 Å². The maximum absolute atomic E-state index is 3.43. The number of hydrogen-bond donors (Lipinski definition) is 1. The summed E-state index contributed by atoms with van der Waals surface area (Å²) in [5.74, 6) is 0. The topological polar surface area (TPSA) is 12.0 Å². The second kappa shape index (κ2) is 7.64. The third-order valence-electron chi connectivity index (χ3n) is 2.58. The fourth-order valence-electron chi connectivity index (χ4n) is 1.57. The van der Waals surface area contributed by atoms with Crippen LogP contribution in [0.5, 0.6) is 0 Å². The Kier molecular flexibility index (Phi) is 6.43. The van der Waals surface area contributed by atoms with Gasteiger partial charge >= 0.3 is 0 Å². The SMILES string of the molecule is CC(=CCCNC(C)C)CCc1ccsc1. The van der Waals surface area contributed by atoms with Gasteiger partial charge in [0.2, 0.25) is 0 Å². The van der Waals surface area contributed by atoms with E-state index < -0.39 is 0 Å². The highest BCUT2D eigenvalue weighted by Gasteiger charge is 1.95. The first-order chi connectivity index (χ1) is 7.68. The Morgan fingerprint density at radius 2 is 2.31 bits per heavy atom. The van der Waals surface area contributed by atoms with Crippen molar-refractivity contribution >= 4 is 11.3 Å². The molecule has 1 aromatic heterocycles. The van der Waals surface area contributed by atoms with E-state index in [2.05, 4.69) is 49.0 Å². The van der Waals surface area contributed by atoms with Crippen molar-refractivity contribution in [3.05, 3.63) is 34.0 Å². The maximum atomic E-state index is 3.43. The summed E-state index contributed by atoms with van der Waals surface area (Å²) >= 11 is 1.79. The van der Waals surface area contributed by atoms with Crippen LogP contribution in [0.4, 0.5) is 0 Å². The molecule has 0 aromatic carbocycles. The normalized spacial score (nSPS) is 12.4. The van der Waals surface area contributed by atoms with Crippen molar-refractivity contribution in [2.45, 2.75) is 46.1 Å². The minimum atomic E-state index is 0.597. The zero-order valence-electron chi connectivity index (χ0n) is 10.6. The highest BCUT2D eigenvalue weighted by molar-refractivity contribution is 7.07. The lowest BCUT2D eigenvalue weighted by atomic mass is 10.1. The average Bonchev–Trinajstić information content (AvgIpc) is 2.74. The molecule has 0 amide bonds. The van der Waals surface area contributed by atoms with Crippen molar-refractivity contribution in [1.29, 1.82) is 0 Å². The van der Waals surface area contributed by atoms with E-state index in [0.29, 0.717) is 6.04 Å². The van der Waals surface area contributed by atoms with Gasteiger partial charge in [-0.3, -0.25) is 0 Å². The van der Waals surface area contributed by atoms with Gasteiger partial charge < -0.3 is 5.32 Å². The highest BCUT2D eigenvalue weighted by atomic mass is 32.1. The molecule has 90 valence electrons. The summed E-state index contributed by atoms with van der Waals surface area (Å²) in [4.78, 5) is 0. The Hall–Kier alpha value is -0.600. The molecule has 1 rings (SSSR count). The second-order valence-electron chi connectivity index (χ2n) is 4.58. The zero-order valence-corrected chi connectivity index (χ0v) is 11.4. The Morgan fingerprint density at radius 1 is 1.50 bits per heavy atom. The number of rotatable bonds is 7. The first kappa shape index (κ1) is 13.5. The molecule has 0 aliphatic heterocycles. The van der Waals surface area contributed by atoms with E-state index in [1.807, 2.05) is 0 Å². The molecular weight excluding hydrogens is 214 g/mol. The van der Waals surface area contributed by atoms with Crippen molar-refractivity contribution in [2.75, 3.05) is 6.54 Å². The molecule has 0 radical (unpaired) electrons. The van der Waals surface area contributed by atoms with Gasteiger partial charge in [0, 0.05) is 6.04 Å². The summed E-state index contributed by atoms with van der Waals surface area (Å²) in [6.45, 7) is 7.70. The van der Waals surface area contributed by atoms with Gasteiger partial charge in [0.25, 0.3) is 0 Å². The van der Waals surface area contributed by atoms with Crippen molar-refractivity contribution in [1.82, 2.24) is 5.32 Å². The summed E-state index contributed by atoms with van der Waals surface area (Å²) in [6, 6.07) is 2.82. The van der Waals surface area contributed by atoms with Gasteiger partial charge in [-0.05, 0) is 55.1 Å². The van der Waals surface area contributed by atoms with Crippen LogP contribution in [-0.2, 0) is 6.42 Å². The fourth-order valence-corrected chi connectivity index (χ4v) is 2.27. The molecule has 0 aliphatic carbocycles. The summed E-state index contributed by atoms with van der Waals surface area (Å²) < 4.78 is 0. The number of nitrogens with one attached hydrogen (secondary N) is 1. The summed E-state index contributed by atoms with van der Waals surface area (Å²) in [5.41, 5.74) is 2.98. The molecule has 0 bridgehead atoms. The molecule has 0 saturated heterocycles. The third-order valence-corrected chi connectivity index (χ3v) is 3.31. The molecule has 0 aliphatic rings. The molecule has 1 N–H and O–H groups in total. The van der Waals surface area contributed by atoms with E-state index in [0.717, 1.165) is 13.0 Å². The van der Waals surface area contributed by atoms with Gasteiger partial charge in [-0.25, -0.2) is 0 Å². The summed E-state index contributed by atoms with van der Waals surface area (Å²) in [7, 11) is 0. The van der Waals surface area contributed by atoms with Crippen LogP contribution < -0.4 is 5.32 Å². The Morgan fingerprint density at radius 3 is 2.94 bits per heavy atom. The van der Waals surface area contributed by atoms with Gasteiger partial charge in [-0.1, -0.05) is 25.5 Å². The summed E-state index contributed by atoms with van der Waals surface area (Å²) in [5, 5.41) is 7.82. The van der Waals surface area contributed by atoms with Crippen LogP contribution >= 0.6 is 11.3 Å². The van der Waals surface area contributed by atoms with Gasteiger partial charge in [0.05, 0.1) is 0 Å². The maximum Gasteiger partial charge on any atom is 0.00105 e. The minimum absolute atomic E-state index is 0.597. The molecule has 0 spiro atoms. The number of hydrogen-bond acceptors (Lipinski definition) is 2. The molecule has 0 saturated carbocycles. The predicted molar refractivity (Wildman–Crippen MR) is 74.2 cm³/mol. The molecule has 1 aromatic rings. The fraction of sp³-hybridized carbons (Fsp3) is 0.571. The lowest BCUT2D eigenvalue weighted by Gasteiger charge is -2.06. The van der Waals surface area contributed by atoms with Crippen LogP contribution in [0.1, 0.15) is 39.2 Å². The number of thiophene rings is 1. The highest BCUT2D eigenvalue weighted by Crippen LogP contribution is 2.12. The van der Waals surface area contributed by atoms with Gasteiger partial charge in [0.15, 0.2) is 0 Å². The molecule has 0 fully saturated rings. The van der Waals surface area contributed by atoms with Crippen molar-refractivity contribution in [3.63, 3.8) is 0 Å². The van der Waals surface area contributed by atoms with Crippen molar-refractivity contribution in [3.8, 4) is 0 Å². The van der Waals surface area contributed by atoms with Crippen LogP contribution in [0.3, 0.4) is 0 Å². The molecule has 0 unspecified atom stereocenters. The van der Waals surface area contributed by atoms with Crippen molar-refractivity contribution < 1.29 is 0 Å². The van der Waals surface area contributed by atoms with Gasteiger partial charge in [0.1, 0.15) is 0 Å². The van der Waals surface area contributed by atoms with Crippen LogP contribution in [0, 0.1) is 0 Å². The standard InChI is InChI=1S/C14H23NS/c1-12(2)15-9-4-5-13(3)6-7-14-8-10-16-11-14/h5,8,10-12,15H,4,6-7,9H2,1-3H3. The van der Waals surface area contributed by atoms with Crippen LogP contribution in [0.15, 0.2) is 28.5 Å². The van der Waals surface area contributed by atoms with E-state index in [4.69, 9.17) is 0 Å². The Bertz CT molecular complexity index is 299. The second-order valence-corrected chi connectivity index (χ2v) is 5.36. The first-order valence-corrected chi connectivity index (χ1v) is 7.03. The first-order valence-electron chi connectivity index (χ1n) is 6.08. The van der Waals surface area contributed by atoms with Gasteiger partial charge in [-0.2, -0.15) is 11.3 Å². The van der Waals surface area contributed by atoms with Crippen LogP contribution in [0.2, 0.25) is 0 Å². The van der Waals surface area contributed by atoms with E-state index in [1.165, 1.54) is 24.0 Å². The minimum Gasteiger partial charge on any atom is -0.314 e. The lowest BCUT2D eigenvalue weighted by Crippen LogP contribution is -2.23. The zero-order chi connectivity index (χ0) is 11.8. The monoisotopic (exact) mass is 237 g/mol. The predicted octanol–water partition coefficient (Wildman–Crippen LogP) is 4.02. The largest absolute Gasteiger partial charge is 0.314 e.